The smallest absolute Gasteiger partial charge is 0.381 e. The van der Waals surface area contributed by atoms with Crippen LogP contribution < -0.4 is 5.73 Å². The number of aromatic nitrogens is 2. The summed E-state index contributed by atoms with van der Waals surface area (Å²) in [5.41, 5.74) is 5.14. The highest BCUT2D eigenvalue weighted by Gasteiger charge is 2.45. The molecule has 1 aliphatic carbocycles. The predicted octanol–water partition coefficient (Wildman–Crippen LogP) is 0.955. The first-order valence-corrected chi connectivity index (χ1v) is 6.53. The van der Waals surface area contributed by atoms with E-state index in [0.717, 1.165) is 19.3 Å². The second kappa shape index (κ2) is 5.22. The standard InChI is InChI=1S/C11H16N4O3S/c12-10(19)11(4-2-1-3-8(11)6-16)14-5-9(13-7-14)15(17)18/h5,7-8,16H,1-4,6H2,(H2,12,19). The zero-order chi connectivity index (χ0) is 14.0. The Labute approximate surface area is 115 Å². The van der Waals surface area contributed by atoms with Gasteiger partial charge in [-0.15, -0.1) is 0 Å². The summed E-state index contributed by atoms with van der Waals surface area (Å²) in [5, 5.41) is 20.3. The average molecular weight is 284 g/mol. The largest absolute Gasteiger partial charge is 0.396 e. The molecule has 1 fully saturated rings. The molecule has 2 unspecified atom stereocenters. The van der Waals surface area contributed by atoms with Crippen molar-refractivity contribution < 1.29 is 10.0 Å². The minimum Gasteiger partial charge on any atom is -0.396 e. The van der Waals surface area contributed by atoms with E-state index in [2.05, 4.69) is 4.98 Å². The molecule has 2 atom stereocenters. The van der Waals surface area contributed by atoms with E-state index in [-0.39, 0.29) is 23.3 Å². The van der Waals surface area contributed by atoms with Gasteiger partial charge in [-0.2, -0.15) is 0 Å². The van der Waals surface area contributed by atoms with Crippen LogP contribution in [0.3, 0.4) is 0 Å². The van der Waals surface area contributed by atoms with E-state index in [4.69, 9.17) is 18.0 Å². The zero-order valence-electron chi connectivity index (χ0n) is 10.4. The Morgan fingerprint density at radius 1 is 1.74 bits per heavy atom. The molecule has 1 aromatic rings. The summed E-state index contributed by atoms with van der Waals surface area (Å²) in [6.07, 6.45) is 6.09. The Bertz CT molecular complexity index is 504. The lowest BCUT2D eigenvalue weighted by Crippen LogP contribution is -2.53. The van der Waals surface area contributed by atoms with Crippen LogP contribution in [0.2, 0.25) is 0 Å². The molecule has 0 aliphatic heterocycles. The van der Waals surface area contributed by atoms with E-state index in [1.807, 2.05) is 0 Å². The van der Waals surface area contributed by atoms with Gasteiger partial charge < -0.3 is 21.0 Å². The van der Waals surface area contributed by atoms with Gasteiger partial charge in [0.15, 0.2) is 0 Å². The second-order valence-corrected chi connectivity index (χ2v) is 5.25. The molecule has 0 spiro atoms. The molecule has 19 heavy (non-hydrogen) atoms. The topological polar surface area (TPSA) is 107 Å². The fraction of sp³-hybridized carbons (Fsp3) is 0.636. The summed E-state index contributed by atoms with van der Waals surface area (Å²) in [6.45, 7) is -0.0523. The van der Waals surface area contributed by atoms with Gasteiger partial charge in [-0.05, 0) is 22.7 Å². The van der Waals surface area contributed by atoms with Gasteiger partial charge in [0.05, 0.1) is 4.99 Å². The van der Waals surface area contributed by atoms with E-state index in [0.29, 0.717) is 6.42 Å². The van der Waals surface area contributed by atoms with E-state index in [9.17, 15) is 15.2 Å². The van der Waals surface area contributed by atoms with Crippen molar-refractivity contribution in [2.24, 2.45) is 11.7 Å². The van der Waals surface area contributed by atoms with Crippen molar-refractivity contribution in [2.75, 3.05) is 6.61 Å². The van der Waals surface area contributed by atoms with Gasteiger partial charge in [0.25, 0.3) is 0 Å². The number of hydrogen-bond acceptors (Lipinski definition) is 5. The minimum absolute atomic E-state index is 0.0523. The van der Waals surface area contributed by atoms with E-state index < -0.39 is 10.5 Å². The Kier molecular flexibility index (Phi) is 3.81. The van der Waals surface area contributed by atoms with Crippen LogP contribution in [-0.2, 0) is 5.54 Å². The van der Waals surface area contributed by atoms with Gasteiger partial charge >= 0.3 is 5.82 Å². The molecule has 0 radical (unpaired) electrons. The predicted molar refractivity (Wildman–Crippen MR) is 72.7 cm³/mol. The number of nitrogens with zero attached hydrogens (tertiary/aromatic N) is 3. The number of aliphatic hydroxyl groups excluding tert-OH is 1. The summed E-state index contributed by atoms with van der Waals surface area (Å²) in [4.78, 5) is 14.2. The maximum absolute atomic E-state index is 10.7. The summed E-state index contributed by atoms with van der Waals surface area (Å²) in [6, 6.07) is 0. The third kappa shape index (κ3) is 2.21. The molecule has 1 aliphatic rings. The fourth-order valence-corrected chi connectivity index (χ4v) is 3.26. The Morgan fingerprint density at radius 2 is 2.47 bits per heavy atom. The van der Waals surface area contributed by atoms with Crippen molar-refractivity contribution in [3.63, 3.8) is 0 Å². The SMILES string of the molecule is NC(=S)C1(n2cnc([N+](=O)[O-])c2)CCCCC1CO. The Morgan fingerprint density at radius 3 is 3.00 bits per heavy atom. The van der Waals surface area contributed by atoms with Gasteiger partial charge in [0, 0.05) is 12.5 Å². The lowest BCUT2D eigenvalue weighted by atomic mass is 9.72. The molecule has 8 heteroatoms. The molecule has 1 aromatic heterocycles. The van der Waals surface area contributed by atoms with Crippen molar-refractivity contribution in [3.8, 4) is 0 Å². The molecule has 0 aromatic carbocycles. The highest BCUT2D eigenvalue weighted by atomic mass is 32.1. The van der Waals surface area contributed by atoms with Crippen molar-refractivity contribution in [3.05, 3.63) is 22.6 Å². The Hall–Kier alpha value is -1.54. The summed E-state index contributed by atoms with van der Waals surface area (Å²) in [7, 11) is 0. The maximum Gasteiger partial charge on any atom is 0.381 e. The van der Waals surface area contributed by atoms with Crippen LogP contribution in [0.15, 0.2) is 12.5 Å². The number of thiocarbonyl (C=S) groups is 1. The van der Waals surface area contributed by atoms with Crippen molar-refractivity contribution in [1.82, 2.24) is 9.55 Å². The number of imidazole rings is 1. The zero-order valence-corrected chi connectivity index (χ0v) is 11.2. The first-order valence-electron chi connectivity index (χ1n) is 6.12. The molecule has 7 nitrogen and oxygen atoms in total. The van der Waals surface area contributed by atoms with Crippen LogP contribution in [-0.4, -0.2) is 31.2 Å². The van der Waals surface area contributed by atoms with Crippen LogP contribution in [0.5, 0.6) is 0 Å². The first kappa shape index (κ1) is 13.9. The normalized spacial score (nSPS) is 27.1. The number of rotatable bonds is 4. The molecule has 0 saturated heterocycles. The fourth-order valence-electron chi connectivity index (χ4n) is 2.89. The number of hydrogen-bond donors (Lipinski definition) is 2. The number of nitro groups is 1. The van der Waals surface area contributed by atoms with Crippen molar-refractivity contribution >= 4 is 23.0 Å². The molecular formula is C11H16N4O3S. The lowest BCUT2D eigenvalue weighted by Gasteiger charge is -2.43. The molecule has 3 N–H and O–H groups in total. The maximum atomic E-state index is 10.7. The molecule has 104 valence electrons. The van der Waals surface area contributed by atoms with Gasteiger partial charge in [-0.25, -0.2) is 0 Å². The van der Waals surface area contributed by atoms with Gasteiger partial charge in [0.2, 0.25) is 6.33 Å². The number of nitrogens with two attached hydrogens (primary N) is 1. The summed E-state index contributed by atoms with van der Waals surface area (Å²) >= 11 is 5.18. The summed E-state index contributed by atoms with van der Waals surface area (Å²) < 4.78 is 1.60. The minimum atomic E-state index is -0.746. The molecule has 0 bridgehead atoms. The molecule has 0 amide bonds. The van der Waals surface area contributed by atoms with Crippen molar-refractivity contribution in [1.29, 1.82) is 0 Å². The third-order valence-electron chi connectivity index (χ3n) is 3.90. The second-order valence-electron chi connectivity index (χ2n) is 4.81. The van der Waals surface area contributed by atoms with Crippen LogP contribution in [0.4, 0.5) is 5.82 Å². The molecule has 2 rings (SSSR count). The lowest BCUT2D eigenvalue weighted by molar-refractivity contribution is -0.389. The highest BCUT2D eigenvalue weighted by Crippen LogP contribution is 2.40. The van der Waals surface area contributed by atoms with Gasteiger partial charge in [-0.3, -0.25) is 4.57 Å². The Balaban J connectivity index is 2.47. The molecule has 1 heterocycles. The van der Waals surface area contributed by atoms with Gasteiger partial charge in [0.1, 0.15) is 11.7 Å². The number of aliphatic hydroxyl groups is 1. The first-order chi connectivity index (χ1) is 9.02. The highest BCUT2D eigenvalue weighted by molar-refractivity contribution is 7.80. The third-order valence-corrected chi connectivity index (χ3v) is 4.25. The van der Waals surface area contributed by atoms with Crippen LogP contribution in [0, 0.1) is 16.0 Å². The van der Waals surface area contributed by atoms with E-state index >= 15 is 0 Å². The molecule has 1 saturated carbocycles. The van der Waals surface area contributed by atoms with Gasteiger partial charge in [-0.1, -0.05) is 25.1 Å². The van der Waals surface area contributed by atoms with Crippen LogP contribution in [0.1, 0.15) is 25.7 Å². The van der Waals surface area contributed by atoms with Crippen LogP contribution >= 0.6 is 12.2 Å². The quantitative estimate of drug-likeness (QED) is 0.484. The van der Waals surface area contributed by atoms with E-state index in [1.165, 1.54) is 12.5 Å². The van der Waals surface area contributed by atoms with Crippen molar-refractivity contribution in [2.45, 2.75) is 31.2 Å². The average Bonchev–Trinajstić information content (AvgIpc) is 2.88. The van der Waals surface area contributed by atoms with Crippen LogP contribution in [0.25, 0.3) is 0 Å². The molecular weight excluding hydrogens is 268 g/mol. The van der Waals surface area contributed by atoms with E-state index in [1.54, 1.807) is 4.57 Å². The monoisotopic (exact) mass is 284 g/mol. The summed E-state index contributed by atoms with van der Waals surface area (Å²) in [5.74, 6) is -0.370.